The molecule has 0 atom stereocenters. The van der Waals surface area contributed by atoms with Crippen LogP contribution < -0.4 is 4.74 Å². The Morgan fingerprint density at radius 2 is 2.23 bits per heavy atom. The topological polar surface area (TPSA) is 18.5 Å². The standard InChI is InChI=1S/C10H11BrO2/c1-12-8-2-3-10(11)9(4-8)7-5-13-6-7/h2-4,7H,5-6H2,1H3. The molecule has 1 saturated heterocycles. The summed E-state index contributed by atoms with van der Waals surface area (Å²) in [6.07, 6.45) is 0. The molecule has 0 radical (unpaired) electrons. The lowest BCUT2D eigenvalue weighted by atomic mass is 9.97. The fourth-order valence-electron chi connectivity index (χ4n) is 1.38. The van der Waals surface area contributed by atoms with Crippen molar-refractivity contribution in [3.8, 4) is 5.75 Å². The van der Waals surface area contributed by atoms with Gasteiger partial charge in [0.05, 0.1) is 20.3 Å². The lowest BCUT2D eigenvalue weighted by molar-refractivity contribution is 0.00807. The Morgan fingerprint density at radius 3 is 2.77 bits per heavy atom. The van der Waals surface area contributed by atoms with Crippen LogP contribution in [0.3, 0.4) is 0 Å². The molecule has 0 amide bonds. The van der Waals surface area contributed by atoms with Crippen LogP contribution in [-0.2, 0) is 4.74 Å². The first kappa shape index (κ1) is 9.03. The highest BCUT2D eigenvalue weighted by Crippen LogP contribution is 2.32. The number of hydrogen-bond donors (Lipinski definition) is 0. The van der Waals surface area contributed by atoms with Crippen molar-refractivity contribution >= 4 is 15.9 Å². The van der Waals surface area contributed by atoms with E-state index in [0.717, 1.165) is 23.4 Å². The summed E-state index contributed by atoms with van der Waals surface area (Å²) in [6.45, 7) is 1.65. The van der Waals surface area contributed by atoms with Crippen molar-refractivity contribution in [1.29, 1.82) is 0 Å². The van der Waals surface area contributed by atoms with Gasteiger partial charge in [0.2, 0.25) is 0 Å². The highest BCUT2D eigenvalue weighted by Gasteiger charge is 2.22. The smallest absolute Gasteiger partial charge is 0.119 e. The fourth-order valence-corrected chi connectivity index (χ4v) is 1.95. The second-order valence-corrected chi connectivity index (χ2v) is 3.98. The number of hydrogen-bond acceptors (Lipinski definition) is 2. The third-order valence-corrected chi connectivity index (χ3v) is 3.00. The number of halogens is 1. The molecule has 0 unspecified atom stereocenters. The molecule has 0 spiro atoms. The molecule has 0 bridgehead atoms. The first-order valence-corrected chi connectivity index (χ1v) is 5.01. The third kappa shape index (κ3) is 1.71. The summed E-state index contributed by atoms with van der Waals surface area (Å²) in [4.78, 5) is 0. The maximum absolute atomic E-state index is 5.17. The van der Waals surface area contributed by atoms with Gasteiger partial charge in [-0.2, -0.15) is 0 Å². The van der Waals surface area contributed by atoms with Gasteiger partial charge in [0, 0.05) is 10.4 Å². The Balaban J connectivity index is 2.30. The number of ether oxygens (including phenoxy) is 2. The van der Waals surface area contributed by atoms with Crippen molar-refractivity contribution in [2.45, 2.75) is 5.92 Å². The SMILES string of the molecule is COc1ccc(Br)c(C2COC2)c1. The van der Waals surface area contributed by atoms with Gasteiger partial charge in [0.15, 0.2) is 0 Å². The molecule has 0 aliphatic carbocycles. The Bertz CT molecular complexity index is 308. The first-order valence-electron chi connectivity index (χ1n) is 4.22. The quantitative estimate of drug-likeness (QED) is 0.794. The van der Waals surface area contributed by atoms with Gasteiger partial charge in [-0.3, -0.25) is 0 Å². The van der Waals surface area contributed by atoms with E-state index in [1.807, 2.05) is 12.1 Å². The van der Waals surface area contributed by atoms with E-state index in [1.54, 1.807) is 7.11 Å². The summed E-state index contributed by atoms with van der Waals surface area (Å²) in [5.74, 6) is 1.44. The molecular weight excluding hydrogens is 232 g/mol. The summed E-state index contributed by atoms with van der Waals surface area (Å²) >= 11 is 3.52. The molecule has 1 aliphatic rings. The van der Waals surface area contributed by atoms with Crippen LogP contribution >= 0.6 is 15.9 Å². The minimum absolute atomic E-state index is 0.532. The maximum atomic E-state index is 5.17. The summed E-state index contributed by atoms with van der Waals surface area (Å²) in [5.41, 5.74) is 1.28. The van der Waals surface area contributed by atoms with E-state index in [0.29, 0.717) is 5.92 Å². The highest BCUT2D eigenvalue weighted by molar-refractivity contribution is 9.10. The molecule has 0 saturated carbocycles. The van der Waals surface area contributed by atoms with E-state index in [-0.39, 0.29) is 0 Å². The van der Waals surface area contributed by atoms with Crippen LogP contribution in [0, 0.1) is 0 Å². The molecule has 2 rings (SSSR count). The van der Waals surface area contributed by atoms with Gasteiger partial charge < -0.3 is 9.47 Å². The predicted octanol–water partition coefficient (Wildman–Crippen LogP) is 2.57. The van der Waals surface area contributed by atoms with Crippen molar-refractivity contribution < 1.29 is 9.47 Å². The van der Waals surface area contributed by atoms with Gasteiger partial charge >= 0.3 is 0 Å². The van der Waals surface area contributed by atoms with E-state index < -0.39 is 0 Å². The first-order chi connectivity index (χ1) is 6.31. The molecule has 1 aromatic carbocycles. The van der Waals surface area contributed by atoms with Crippen molar-refractivity contribution in [2.24, 2.45) is 0 Å². The Morgan fingerprint density at radius 1 is 1.46 bits per heavy atom. The highest BCUT2D eigenvalue weighted by atomic mass is 79.9. The fraction of sp³-hybridized carbons (Fsp3) is 0.400. The zero-order chi connectivity index (χ0) is 9.26. The van der Waals surface area contributed by atoms with Crippen LogP contribution in [0.4, 0.5) is 0 Å². The van der Waals surface area contributed by atoms with Crippen molar-refractivity contribution in [3.63, 3.8) is 0 Å². The molecule has 1 heterocycles. The van der Waals surface area contributed by atoms with Crippen LogP contribution in [0.15, 0.2) is 22.7 Å². The minimum Gasteiger partial charge on any atom is -0.497 e. The number of methoxy groups -OCH3 is 1. The van der Waals surface area contributed by atoms with Crippen molar-refractivity contribution in [2.75, 3.05) is 20.3 Å². The van der Waals surface area contributed by atoms with Crippen LogP contribution in [0.2, 0.25) is 0 Å². The van der Waals surface area contributed by atoms with Gasteiger partial charge in [0.25, 0.3) is 0 Å². The second kappa shape index (κ2) is 3.68. The third-order valence-electron chi connectivity index (χ3n) is 2.28. The summed E-state index contributed by atoms with van der Waals surface area (Å²) in [7, 11) is 1.68. The Kier molecular flexibility index (Phi) is 2.56. The average Bonchev–Trinajstić information content (AvgIpc) is 2.06. The zero-order valence-corrected chi connectivity index (χ0v) is 9.00. The number of rotatable bonds is 2. The van der Waals surface area contributed by atoms with Crippen LogP contribution in [0.25, 0.3) is 0 Å². The largest absolute Gasteiger partial charge is 0.497 e. The predicted molar refractivity (Wildman–Crippen MR) is 54.3 cm³/mol. The normalized spacial score (nSPS) is 16.8. The molecule has 2 nitrogen and oxygen atoms in total. The number of benzene rings is 1. The van der Waals surface area contributed by atoms with Gasteiger partial charge in [-0.15, -0.1) is 0 Å². The zero-order valence-electron chi connectivity index (χ0n) is 7.42. The minimum atomic E-state index is 0.532. The van der Waals surface area contributed by atoms with E-state index in [4.69, 9.17) is 9.47 Å². The summed E-state index contributed by atoms with van der Waals surface area (Å²) in [6, 6.07) is 6.04. The van der Waals surface area contributed by atoms with Crippen LogP contribution in [-0.4, -0.2) is 20.3 Å². The van der Waals surface area contributed by atoms with Crippen LogP contribution in [0.1, 0.15) is 11.5 Å². The van der Waals surface area contributed by atoms with Gasteiger partial charge in [-0.25, -0.2) is 0 Å². The molecule has 1 aliphatic heterocycles. The monoisotopic (exact) mass is 242 g/mol. The second-order valence-electron chi connectivity index (χ2n) is 3.12. The molecule has 1 aromatic rings. The van der Waals surface area contributed by atoms with E-state index >= 15 is 0 Å². The summed E-state index contributed by atoms with van der Waals surface area (Å²) < 4.78 is 11.5. The van der Waals surface area contributed by atoms with Crippen molar-refractivity contribution in [3.05, 3.63) is 28.2 Å². The molecule has 13 heavy (non-hydrogen) atoms. The lowest BCUT2D eigenvalue weighted by Crippen LogP contribution is -2.25. The lowest BCUT2D eigenvalue weighted by Gasteiger charge is -2.27. The molecule has 3 heteroatoms. The Labute approximate surface area is 86.0 Å². The molecule has 70 valence electrons. The van der Waals surface area contributed by atoms with E-state index in [2.05, 4.69) is 22.0 Å². The van der Waals surface area contributed by atoms with Gasteiger partial charge in [-0.1, -0.05) is 15.9 Å². The Hall–Kier alpha value is -0.540. The maximum Gasteiger partial charge on any atom is 0.119 e. The van der Waals surface area contributed by atoms with Crippen molar-refractivity contribution in [1.82, 2.24) is 0 Å². The van der Waals surface area contributed by atoms with E-state index in [9.17, 15) is 0 Å². The molecule has 1 fully saturated rings. The van der Waals surface area contributed by atoms with Gasteiger partial charge in [-0.05, 0) is 23.8 Å². The van der Waals surface area contributed by atoms with Gasteiger partial charge in [0.1, 0.15) is 5.75 Å². The van der Waals surface area contributed by atoms with E-state index in [1.165, 1.54) is 5.56 Å². The summed E-state index contributed by atoms with van der Waals surface area (Å²) in [5, 5.41) is 0. The van der Waals surface area contributed by atoms with Crippen LogP contribution in [0.5, 0.6) is 5.75 Å². The molecule has 0 N–H and O–H groups in total. The molecule has 0 aromatic heterocycles. The molecular formula is C10H11BrO2. The average molecular weight is 243 g/mol.